The number of amides is 1. The van der Waals surface area contributed by atoms with Crippen molar-refractivity contribution in [1.82, 2.24) is 4.90 Å². The highest BCUT2D eigenvalue weighted by atomic mass is 32.1. The number of thiophene rings is 1. The lowest BCUT2D eigenvalue weighted by atomic mass is 9.98. The quantitative estimate of drug-likeness (QED) is 0.902. The molecule has 2 aromatic rings. The first kappa shape index (κ1) is 16.5. The SMILES string of the molecule is CC1(C(=O)O)CCCN1C(=O)c1cccc(OCc2cccs2)c1. The molecular weight excluding hydrogens is 326 g/mol. The summed E-state index contributed by atoms with van der Waals surface area (Å²) >= 11 is 1.61. The molecule has 1 unspecified atom stereocenters. The van der Waals surface area contributed by atoms with Gasteiger partial charge in [-0.15, -0.1) is 11.3 Å². The van der Waals surface area contributed by atoms with Crippen LogP contribution in [0.25, 0.3) is 0 Å². The molecule has 0 spiro atoms. The minimum Gasteiger partial charge on any atom is -0.488 e. The average Bonchev–Trinajstić information content (AvgIpc) is 3.22. The number of hydrogen-bond donors (Lipinski definition) is 1. The summed E-state index contributed by atoms with van der Waals surface area (Å²) < 4.78 is 5.73. The fourth-order valence-electron chi connectivity index (χ4n) is 2.94. The number of carboxylic acid groups (broad SMARTS) is 1. The van der Waals surface area contributed by atoms with Gasteiger partial charge in [0.25, 0.3) is 5.91 Å². The Morgan fingerprint density at radius 3 is 2.88 bits per heavy atom. The monoisotopic (exact) mass is 345 g/mol. The van der Waals surface area contributed by atoms with E-state index in [0.717, 1.165) is 4.88 Å². The fourth-order valence-corrected chi connectivity index (χ4v) is 3.55. The molecule has 0 aliphatic carbocycles. The third kappa shape index (κ3) is 3.14. The lowest BCUT2D eigenvalue weighted by Crippen LogP contribution is -2.50. The molecule has 5 nitrogen and oxygen atoms in total. The van der Waals surface area contributed by atoms with Gasteiger partial charge in [-0.25, -0.2) is 4.79 Å². The minimum absolute atomic E-state index is 0.265. The number of carboxylic acids is 1. The Balaban J connectivity index is 1.75. The fraction of sp³-hybridized carbons (Fsp3) is 0.333. The van der Waals surface area contributed by atoms with Crippen LogP contribution in [0.4, 0.5) is 0 Å². The standard InChI is InChI=1S/C18H19NO4S/c1-18(17(21)22)8-4-9-19(18)16(20)13-5-2-6-14(11-13)23-12-15-7-3-10-24-15/h2-3,5-7,10-11H,4,8-9,12H2,1H3,(H,21,22). The van der Waals surface area contributed by atoms with E-state index >= 15 is 0 Å². The second-order valence-corrected chi connectivity index (χ2v) is 7.07. The average molecular weight is 345 g/mol. The van der Waals surface area contributed by atoms with E-state index in [1.165, 1.54) is 4.90 Å². The summed E-state index contributed by atoms with van der Waals surface area (Å²) in [5.74, 6) is -0.622. The van der Waals surface area contributed by atoms with Gasteiger partial charge in [0.05, 0.1) is 0 Å². The molecule has 1 N–H and O–H groups in total. The normalized spacial score (nSPS) is 20.1. The Morgan fingerprint density at radius 2 is 2.17 bits per heavy atom. The van der Waals surface area contributed by atoms with Gasteiger partial charge in [0.1, 0.15) is 17.9 Å². The molecule has 2 heterocycles. The maximum absolute atomic E-state index is 12.8. The lowest BCUT2D eigenvalue weighted by Gasteiger charge is -2.31. The van der Waals surface area contributed by atoms with Crippen LogP contribution in [-0.4, -0.2) is 34.0 Å². The minimum atomic E-state index is -1.13. The van der Waals surface area contributed by atoms with Crippen molar-refractivity contribution in [3.8, 4) is 5.75 Å². The molecule has 3 rings (SSSR count). The van der Waals surface area contributed by atoms with E-state index in [-0.39, 0.29) is 5.91 Å². The molecule has 6 heteroatoms. The third-order valence-electron chi connectivity index (χ3n) is 4.39. The predicted molar refractivity (Wildman–Crippen MR) is 91.4 cm³/mol. The summed E-state index contributed by atoms with van der Waals surface area (Å²) in [4.78, 5) is 26.9. The summed E-state index contributed by atoms with van der Waals surface area (Å²) in [6.45, 7) is 2.52. The summed E-state index contributed by atoms with van der Waals surface area (Å²) in [7, 11) is 0. The van der Waals surface area contributed by atoms with E-state index in [9.17, 15) is 14.7 Å². The molecule has 1 aromatic heterocycles. The highest BCUT2D eigenvalue weighted by Crippen LogP contribution is 2.31. The lowest BCUT2D eigenvalue weighted by molar-refractivity contribution is -0.147. The Kier molecular flexibility index (Phi) is 4.57. The molecule has 0 bridgehead atoms. The van der Waals surface area contributed by atoms with Crippen LogP contribution in [-0.2, 0) is 11.4 Å². The van der Waals surface area contributed by atoms with Gasteiger partial charge in [0.15, 0.2) is 0 Å². The van der Waals surface area contributed by atoms with Crippen LogP contribution in [0.3, 0.4) is 0 Å². The molecule has 1 aliphatic heterocycles. The van der Waals surface area contributed by atoms with Gasteiger partial charge in [0.2, 0.25) is 0 Å². The summed E-state index contributed by atoms with van der Waals surface area (Å²) in [6, 6.07) is 10.9. The second-order valence-electron chi connectivity index (χ2n) is 6.04. The highest BCUT2D eigenvalue weighted by Gasteiger charge is 2.46. The zero-order valence-electron chi connectivity index (χ0n) is 13.4. The second kappa shape index (κ2) is 6.65. The number of nitrogens with zero attached hydrogens (tertiary/aromatic N) is 1. The molecule has 1 amide bonds. The first-order valence-electron chi connectivity index (χ1n) is 7.81. The van der Waals surface area contributed by atoms with E-state index in [1.807, 2.05) is 17.5 Å². The third-order valence-corrected chi connectivity index (χ3v) is 5.24. The van der Waals surface area contributed by atoms with Gasteiger partial charge in [0, 0.05) is 17.0 Å². The Labute approximate surface area is 144 Å². The molecule has 0 saturated carbocycles. The van der Waals surface area contributed by atoms with Crippen LogP contribution in [0.1, 0.15) is 35.0 Å². The Morgan fingerprint density at radius 1 is 1.33 bits per heavy atom. The number of hydrogen-bond acceptors (Lipinski definition) is 4. The van der Waals surface area contributed by atoms with Crippen LogP contribution in [0.5, 0.6) is 5.75 Å². The van der Waals surface area contributed by atoms with Crippen molar-refractivity contribution < 1.29 is 19.4 Å². The summed E-state index contributed by atoms with van der Waals surface area (Å²) in [6.07, 6.45) is 1.17. The highest BCUT2D eigenvalue weighted by molar-refractivity contribution is 7.09. The van der Waals surface area contributed by atoms with E-state index in [4.69, 9.17) is 4.74 Å². The van der Waals surface area contributed by atoms with Crippen molar-refractivity contribution >= 4 is 23.2 Å². The predicted octanol–water partition coefficient (Wildman–Crippen LogP) is 3.41. The summed E-state index contributed by atoms with van der Waals surface area (Å²) in [5.41, 5.74) is -0.682. The van der Waals surface area contributed by atoms with Gasteiger partial charge >= 0.3 is 5.97 Å². The number of benzene rings is 1. The zero-order chi connectivity index (χ0) is 17.2. The smallest absolute Gasteiger partial charge is 0.329 e. The number of ether oxygens (including phenoxy) is 1. The number of aliphatic carboxylic acids is 1. The molecule has 1 fully saturated rings. The van der Waals surface area contributed by atoms with Crippen molar-refractivity contribution in [1.29, 1.82) is 0 Å². The van der Waals surface area contributed by atoms with Gasteiger partial charge in [-0.05, 0) is 49.4 Å². The molecule has 1 aromatic carbocycles. The van der Waals surface area contributed by atoms with E-state index in [1.54, 1.807) is 42.5 Å². The summed E-state index contributed by atoms with van der Waals surface area (Å²) in [5, 5.41) is 11.5. The van der Waals surface area contributed by atoms with Gasteiger partial charge < -0.3 is 14.7 Å². The number of rotatable bonds is 5. The van der Waals surface area contributed by atoms with Crippen molar-refractivity contribution in [2.45, 2.75) is 31.9 Å². The van der Waals surface area contributed by atoms with Crippen LogP contribution in [0.2, 0.25) is 0 Å². The topological polar surface area (TPSA) is 66.8 Å². The number of likely N-dealkylation sites (tertiary alicyclic amines) is 1. The van der Waals surface area contributed by atoms with Crippen LogP contribution in [0.15, 0.2) is 41.8 Å². The van der Waals surface area contributed by atoms with Gasteiger partial charge in [-0.1, -0.05) is 12.1 Å². The van der Waals surface area contributed by atoms with Crippen LogP contribution < -0.4 is 4.74 Å². The van der Waals surface area contributed by atoms with E-state index in [0.29, 0.717) is 37.3 Å². The maximum Gasteiger partial charge on any atom is 0.329 e. The van der Waals surface area contributed by atoms with Crippen molar-refractivity contribution in [2.75, 3.05) is 6.54 Å². The Hall–Kier alpha value is -2.34. The van der Waals surface area contributed by atoms with E-state index < -0.39 is 11.5 Å². The van der Waals surface area contributed by atoms with Crippen molar-refractivity contribution in [3.05, 3.63) is 52.2 Å². The molecule has 126 valence electrons. The molecule has 1 atom stereocenters. The largest absolute Gasteiger partial charge is 0.488 e. The molecule has 1 aliphatic rings. The first-order chi connectivity index (χ1) is 11.5. The maximum atomic E-state index is 12.8. The van der Waals surface area contributed by atoms with Crippen molar-refractivity contribution in [3.63, 3.8) is 0 Å². The number of carbonyl (C=O) groups excluding carboxylic acids is 1. The molecule has 24 heavy (non-hydrogen) atoms. The van der Waals surface area contributed by atoms with Gasteiger partial charge in [-0.3, -0.25) is 4.79 Å². The van der Waals surface area contributed by atoms with Crippen LogP contribution >= 0.6 is 11.3 Å². The van der Waals surface area contributed by atoms with E-state index in [2.05, 4.69) is 0 Å². The van der Waals surface area contributed by atoms with Gasteiger partial charge in [-0.2, -0.15) is 0 Å². The zero-order valence-corrected chi connectivity index (χ0v) is 14.2. The van der Waals surface area contributed by atoms with Crippen molar-refractivity contribution in [2.24, 2.45) is 0 Å². The first-order valence-corrected chi connectivity index (χ1v) is 8.69. The van der Waals surface area contributed by atoms with Crippen LogP contribution in [0, 0.1) is 0 Å². The number of carbonyl (C=O) groups is 2. The molecule has 0 radical (unpaired) electrons. The Bertz CT molecular complexity index is 743. The molecular formula is C18H19NO4S. The molecule has 1 saturated heterocycles.